The van der Waals surface area contributed by atoms with Gasteiger partial charge in [-0.15, -0.1) is 0 Å². The zero-order chi connectivity index (χ0) is 13.8. The van der Waals surface area contributed by atoms with E-state index >= 15 is 0 Å². The first-order valence-electron chi connectivity index (χ1n) is 6.07. The summed E-state index contributed by atoms with van der Waals surface area (Å²) in [7, 11) is 0. The number of amides is 1. The Morgan fingerprint density at radius 2 is 2.11 bits per heavy atom. The van der Waals surface area contributed by atoms with Crippen LogP contribution in [0, 0.1) is 6.92 Å². The molecule has 1 aromatic heterocycles. The van der Waals surface area contributed by atoms with Gasteiger partial charge in [0.05, 0.1) is 4.83 Å². The molecule has 0 aliphatic heterocycles. The Morgan fingerprint density at radius 1 is 1.42 bits per heavy atom. The largest absolute Gasteiger partial charge is 0.449 e. The van der Waals surface area contributed by atoms with Gasteiger partial charge in [0.2, 0.25) is 5.91 Å². The van der Waals surface area contributed by atoms with Crippen molar-refractivity contribution in [2.75, 3.05) is 5.32 Å². The van der Waals surface area contributed by atoms with E-state index in [1.54, 1.807) is 13.2 Å². The quantitative estimate of drug-likeness (QED) is 0.872. The van der Waals surface area contributed by atoms with Gasteiger partial charge in [-0.05, 0) is 18.6 Å². The maximum absolute atomic E-state index is 11.7. The Bertz CT molecular complexity index is 563. The molecule has 2 rings (SSSR count). The van der Waals surface area contributed by atoms with E-state index in [9.17, 15) is 4.79 Å². The maximum Gasteiger partial charge on any atom is 0.238 e. The van der Waals surface area contributed by atoms with E-state index in [1.807, 2.05) is 31.2 Å². The second kappa shape index (κ2) is 6.02. The van der Waals surface area contributed by atoms with Crippen LogP contribution in [0.15, 0.2) is 34.9 Å². The first-order chi connectivity index (χ1) is 9.10. The van der Waals surface area contributed by atoms with Crippen LogP contribution in [0.4, 0.5) is 5.69 Å². The van der Waals surface area contributed by atoms with Crippen molar-refractivity contribution in [1.29, 1.82) is 0 Å². The molecular weight excluding hydrogens is 308 g/mol. The number of anilines is 1. The summed E-state index contributed by atoms with van der Waals surface area (Å²) in [4.78, 5) is 15.8. The van der Waals surface area contributed by atoms with Crippen LogP contribution >= 0.6 is 15.9 Å². The molecule has 1 atom stereocenters. The van der Waals surface area contributed by atoms with Crippen LogP contribution in [-0.2, 0) is 4.79 Å². The van der Waals surface area contributed by atoms with E-state index in [0.717, 1.165) is 23.4 Å². The minimum absolute atomic E-state index is 0.0347. The molecular formula is C14H15BrN2O2. The Balaban J connectivity index is 2.08. The molecule has 0 radical (unpaired) electrons. The highest BCUT2D eigenvalue weighted by Crippen LogP contribution is 2.21. The van der Waals surface area contributed by atoms with Crippen molar-refractivity contribution in [3.63, 3.8) is 0 Å². The van der Waals surface area contributed by atoms with E-state index in [4.69, 9.17) is 4.42 Å². The van der Waals surface area contributed by atoms with Crippen LogP contribution in [0.3, 0.4) is 0 Å². The molecule has 4 nitrogen and oxygen atoms in total. The number of halogens is 1. The van der Waals surface area contributed by atoms with Gasteiger partial charge in [-0.3, -0.25) is 4.79 Å². The number of aromatic nitrogens is 1. The summed E-state index contributed by atoms with van der Waals surface area (Å²) in [5.74, 6) is 0.602. The third kappa shape index (κ3) is 3.44. The molecule has 0 fully saturated rings. The minimum atomic E-state index is -0.162. The first kappa shape index (κ1) is 13.8. The molecule has 0 aliphatic carbocycles. The Morgan fingerprint density at radius 3 is 2.63 bits per heavy atom. The molecule has 1 heterocycles. The normalized spacial score (nSPS) is 12.2. The predicted octanol–water partition coefficient (Wildman–Crippen LogP) is 3.76. The number of rotatable bonds is 4. The second-order valence-electron chi connectivity index (χ2n) is 4.19. The molecule has 2 aromatic rings. The molecule has 1 aromatic carbocycles. The second-order valence-corrected chi connectivity index (χ2v) is 5.30. The number of carbonyl (C=O) groups excluding carboxylic acids is 1. The lowest BCUT2D eigenvalue weighted by atomic mass is 10.1. The van der Waals surface area contributed by atoms with Crippen LogP contribution in [0.1, 0.15) is 19.2 Å². The average molecular weight is 323 g/mol. The number of alkyl halides is 1. The van der Waals surface area contributed by atoms with Crippen molar-refractivity contribution in [3.05, 3.63) is 36.4 Å². The van der Waals surface area contributed by atoms with Gasteiger partial charge in [0, 0.05) is 18.2 Å². The lowest BCUT2D eigenvalue weighted by Gasteiger charge is -2.08. The van der Waals surface area contributed by atoms with Crippen LogP contribution in [-0.4, -0.2) is 15.7 Å². The highest BCUT2D eigenvalue weighted by atomic mass is 79.9. The number of hydrogen-bond acceptors (Lipinski definition) is 3. The standard InChI is InChI=1S/C14H15BrN2O2/c1-3-12(15)14(18)17-11-6-4-10(5-7-11)13-8-19-9(2)16-13/h4-8,12H,3H2,1-2H3,(H,17,18). The fourth-order valence-electron chi connectivity index (χ4n) is 1.63. The number of aryl methyl sites for hydroxylation is 1. The van der Waals surface area contributed by atoms with Crippen molar-refractivity contribution in [2.45, 2.75) is 25.1 Å². The van der Waals surface area contributed by atoms with Crippen molar-refractivity contribution in [3.8, 4) is 11.3 Å². The summed E-state index contributed by atoms with van der Waals surface area (Å²) in [6.07, 6.45) is 2.37. The summed E-state index contributed by atoms with van der Waals surface area (Å²) >= 11 is 3.32. The molecule has 1 N–H and O–H groups in total. The van der Waals surface area contributed by atoms with Gasteiger partial charge in [-0.1, -0.05) is 35.0 Å². The summed E-state index contributed by atoms with van der Waals surface area (Å²) in [5, 5.41) is 2.85. The van der Waals surface area contributed by atoms with Gasteiger partial charge in [-0.25, -0.2) is 4.98 Å². The van der Waals surface area contributed by atoms with E-state index < -0.39 is 0 Å². The van der Waals surface area contributed by atoms with Crippen molar-refractivity contribution >= 4 is 27.5 Å². The summed E-state index contributed by atoms with van der Waals surface area (Å²) < 4.78 is 5.17. The number of oxazole rings is 1. The molecule has 100 valence electrons. The third-order valence-corrected chi connectivity index (χ3v) is 3.77. The highest BCUT2D eigenvalue weighted by molar-refractivity contribution is 9.10. The molecule has 19 heavy (non-hydrogen) atoms. The fourth-order valence-corrected chi connectivity index (χ4v) is 1.74. The summed E-state index contributed by atoms with van der Waals surface area (Å²) in [5.41, 5.74) is 2.52. The molecule has 0 aliphatic rings. The van der Waals surface area contributed by atoms with Gasteiger partial charge in [0.15, 0.2) is 5.89 Å². The Labute approximate surface area is 120 Å². The SMILES string of the molecule is CCC(Br)C(=O)Nc1ccc(-c2coc(C)n2)cc1. The molecule has 0 saturated heterocycles. The predicted molar refractivity (Wildman–Crippen MR) is 78.3 cm³/mol. The Kier molecular flexibility index (Phi) is 4.37. The third-order valence-electron chi connectivity index (χ3n) is 2.71. The number of carbonyl (C=O) groups is 1. The zero-order valence-electron chi connectivity index (χ0n) is 10.8. The number of benzene rings is 1. The van der Waals surface area contributed by atoms with Crippen molar-refractivity contribution < 1.29 is 9.21 Å². The molecule has 1 amide bonds. The van der Waals surface area contributed by atoms with Crippen LogP contribution in [0.25, 0.3) is 11.3 Å². The molecule has 5 heteroatoms. The smallest absolute Gasteiger partial charge is 0.238 e. The van der Waals surface area contributed by atoms with E-state index in [2.05, 4.69) is 26.2 Å². The highest BCUT2D eigenvalue weighted by Gasteiger charge is 2.12. The van der Waals surface area contributed by atoms with Crippen molar-refractivity contribution in [2.24, 2.45) is 0 Å². The van der Waals surface area contributed by atoms with Gasteiger partial charge in [0.1, 0.15) is 12.0 Å². The lowest BCUT2D eigenvalue weighted by Crippen LogP contribution is -2.21. The minimum Gasteiger partial charge on any atom is -0.449 e. The topological polar surface area (TPSA) is 55.1 Å². The van der Waals surface area contributed by atoms with E-state index in [0.29, 0.717) is 5.89 Å². The fraction of sp³-hybridized carbons (Fsp3) is 0.286. The first-order valence-corrected chi connectivity index (χ1v) is 6.99. The Hall–Kier alpha value is -1.62. The summed E-state index contributed by atoms with van der Waals surface area (Å²) in [6.45, 7) is 3.76. The van der Waals surface area contributed by atoms with Crippen molar-refractivity contribution in [1.82, 2.24) is 4.98 Å². The molecule has 0 saturated carbocycles. The molecule has 0 spiro atoms. The maximum atomic E-state index is 11.7. The molecule has 0 bridgehead atoms. The number of nitrogens with one attached hydrogen (secondary N) is 1. The van der Waals surface area contributed by atoms with Crippen LogP contribution < -0.4 is 5.32 Å². The number of hydrogen-bond donors (Lipinski definition) is 1. The van der Waals surface area contributed by atoms with Crippen LogP contribution in [0.2, 0.25) is 0 Å². The van der Waals surface area contributed by atoms with Crippen LogP contribution in [0.5, 0.6) is 0 Å². The van der Waals surface area contributed by atoms with E-state index in [1.165, 1.54) is 0 Å². The van der Waals surface area contributed by atoms with Gasteiger partial charge < -0.3 is 9.73 Å². The average Bonchev–Trinajstić information content (AvgIpc) is 2.85. The van der Waals surface area contributed by atoms with Gasteiger partial charge in [-0.2, -0.15) is 0 Å². The van der Waals surface area contributed by atoms with E-state index in [-0.39, 0.29) is 10.7 Å². The zero-order valence-corrected chi connectivity index (χ0v) is 12.4. The summed E-state index contributed by atoms with van der Waals surface area (Å²) in [6, 6.07) is 7.52. The molecule has 1 unspecified atom stereocenters. The van der Waals surface area contributed by atoms with Gasteiger partial charge in [0.25, 0.3) is 0 Å². The monoisotopic (exact) mass is 322 g/mol. The number of nitrogens with zero attached hydrogens (tertiary/aromatic N) is 1. The lowest BCUT2D eigenvalue weighted by molar-refractivity contribution is -0.115. The van der Waals surface area contributed by atoms with Gasteiger partial charge >= 0.3 is 0 Å².